The number of nitrogens with two attached hydrogens (primary N) is 1. The molecule has 0 atom stereocenters. The first-order valence-electron chi connectivity index (χ1n) is 5.82. The quantitative estimate of drug-likeness (QED) is 0.778. The number of aryl methyl sites for hydroxylation is 1. The first-order chi connectivity index (χ1) is 9.72. The molecule has 1 aromatic carbocycles. The molecule has 0 saturated carbocycles. The average Bonchev–Trinajstić information content (AvgIpc) is 2.95. The van der Waals surface area contributed by atoms with Gasteiger partial charge in [-0.25, -0.2) is 4.98 Å². The maximum Gasteiger partial charge on any atom is 0.257 e. The van der Waals surface area contributed by atoms with Crippen LogP contribution < -0.4 is 5.73 Å². The van der Waals surface area contributed by atoms with Gasteiger partial charge in [0, 0.05) is 4.90 Å². The molecular weight excluding hydrogens is 274 g/mol. The highest BCUT2D eigenvalue weighted by molar-refractivity contribution is 7.99. The Labute approximate surface area is 119 Å². The molecule has 2 aromatic heterocycles. The Morgan fingerprint density at radius 3 is 2.75 bits per heavy atom. The van der Waals surface area contributed by atoms with Crippen LogP contribution in [0.4, 0.5) is 5.95 Å². The van der Waals surface area contributed by atoms with Crippen molar-refractivity contribution in [3.8, 4) is 5.95 Å². The maximum atomic E-state index is 5.72. The summed E-state index contributed by atoms with van der Waals surface area (Å²) in [7, 11) is 0. The molecule has 0 amide bonds. The van der Waals surface area contributed by atoms with Crippen LogP contribution in [0.15, 0.2) is 47.0 Å². The third kappa shape index (κ3) is 2.59. The molecule has 2 N–H and O–H groups in total. The fourth-order valence-electron chi connectivity index (χ4n) is 1.59. The van der Waals surface area contributed by atoms with Gasteiger partial charge in [-0.1, -0.05) is 18.2 Å². The smallest absolute Gasteiger partial charge is 0.257 e. The zero-order chi connectivity index (χ0) is 13.9. The van der Waals surface area contributed by atoms with E-state index in [0.717, 1.165) is 10.5 Å². The largest absolute Gasteiger partial charge is 0.368 e. The van der Waals surface area contributed by atoms with Crippen molar-refractivity contribution in [3.63, 3.8) is 0 Å². The molecule has 0 aliphatic rings. The van der Waals surface area contributed by atoms with Crippen molar-refractivity contribution < 1.29 is 0 Å². The van der Waals surface area contributed by atoms with Gasteiger partial charge in [-0.05, 0) is 30.3 Å². The van der Waals surface area contributed by atoms with Crippen LogP contribution in [0.3, 0.4) is 0 Å². The molecule has 0 radical (unpaired) electrons. The number of benzene rings is 1. The molecule has 2 heterocycles. The summed E-state index contributed by atoms with van der Waals surface area (Å²) in [6, 6.07) is 8.00. The molecule has 20 heavy (non-hydrogen) atoms. The number of nitrogens with zero attached hydrogens (tertiary/aromatic N) is 6. The number of aromatic nitrogens is 6. The first-order valence-corrected chi connectivity index (χ1v) is 6.64. The van der Waals surface area contributed by atoms with Gasteiger partial charge in [-0.15, -0.1) is 0 Å². The monoisotopic (exact) mass is 285 g/mol. The van der Waals surface area contributed by atoms with Crippen LogP contribution in [0.5, 0.6) is 0 Å². The topological polar surface area (TPSA) is 95.4 Å². The van der Waals surface area contributed by atoms with E-state index in [2.05, 4.69) is 25.0 Å². The summed E-state index contributed by atoms with van der Waals surface area (Å²) >= 11 is 1.44. The van der Waals surface area contributed by atoms with Crippen LogP contribution in [0.2, 0.25) is 0 Å². The second-order valence-electron chi connectivity index (χ2n) is 3.98. The Morgan fingerprint density at radius 2 is 2.00 bits per heavy atom. The van der Waals surface area contributed by atoms with Crippen LogP contribution in [0.25, 0.3) is 5.95 Å². The van der Waals surface area contributed by atoms with Crippen LogP contribution in [-0.4, -0.2) is 29.7 Å². The highest BCUT2D eigenvalue weighted by atomic mass is 32.2. The molecule has 3 aromatic rings. The molecule has 0 bridgehead atoms. The van der Waals surface area contributed by atoms with Gasteiger partial charge in [0.2, 0.25) is 5.95 Å². The predicted octanol–water partition coefficient (Wildman–Crippen LogP) is 1.49. The van der Waals surface area contributed by atoms with Crippen molar-refractivity contribution in [1.82, 2.24) is 29.7 Å². The van der Waals surface area contributed by atoms with Crippen molar-refractivity contribution in [2.45, 2.75) is 17.0 Å². The van der Waals surface area contributed by atoms with Gasteiger partial charge >= 0.3 is 0 Å². The highest BCUT2D eigenvalue weighted by Crippen LogP contribution is 2.27. The summed E-state index contributed by atoms with van der Waals surface area (Å²) in [6.07, 6.45) is 2.92. The lowest BCUT2D eigenvalue weighted by atomic mass is 10.2. The maximum absolute atomic E-state index is 5.72. The summed E-state index contributed by atoms with van der Waals surface area (Å²) < 4.78 is 1.44. The molecule has 0 aliphatic carbocycles. The SMILES string of the molecule is Cc1ccccc1Sc1nc(N)nc(-n2cncn2)n1. The summed E-state index contributed by atoms with van der Waals surface area (Å²) in [5.74, 6) is 0.507. The number of anilines is 1. The van der Waals surface area contributed by atoms with E-state index in [4.69, 9.17) is 5.73 Å². The molecule has 0 fully saturated rings. The van der Waals surface area contributed by atoms with Crippen molar-refractivity contribution in [2.24, 2.45) is 0 Å². The fraction of sp³-hybridized carbons (Fsp3) is 0.0833. The first kappa shape index (κ1) is 12.5. The minimum Gasteiger partial charge on any atom is -0.368 e. The minimum absolute atomic E-state index is 0.154. The number of hydrogen-bond donors (Lipinski definition) is 1. The van der Waals surface area contributed by atoms with Gasteiger partial charge < -0.3 is 5.73 Å². The zero-order valence-electron chi connectivity index (χ0n) is 10.6. The van der Waals surface area contributed by atoms with Gasteiger partial charge in [0.1, 0.15) is 12.7 Å². The second kappa shape index (κ2) is 5.25. The molecule has 7 nitrogen and oxygen atoms in total. The summed E-state index contributed by atoms with van der Waals surface area (Å²) in [5.41, 5.74) is 6.87. The third-order valence-electron chi connectivity index (χ3n) is 2.54. The predicted molar refractivity (Wildman–Crippen MR) is 74.5 cm³/mol. The van der Waals surface area contributed by atoms with E-state index in [9.17, 15) is 0 Å². The lowest BCUT2D eigenvalue weighted by molar-refractivity contribution is 0.763. The molecule has 0 spiro atoms. The standard InChI is InChI=1S/C12H11N7S/c1-8-4-2-3-5-9(8)20-12-17-10(13)16-11(18-12)19-7-14-6-15-19/h2-7H,1H3,(H2,13,16,17,18). The molecule has 0 saturated heterocycles. The van der Waals surface area contributed by atoms with E-state index < -0.39 is 0 Å². The Balaban J connectivity index is 1.97. The van der Waals surface area contributed by atoms with E-state index >= 15 is 0 Å². The molecular formula is C12H11N7S. The number of nitrogen functional groups attached to an aromatic ring is 1. The average molecular weight is 285 g/mol. The summed E-state index contributed by atoms with van der Waals surface area (Å²) in [4.78, 5) is 17.4. The molecule has 100 valence electrons. The Kier molecular flexibility index (Phi) is 3.30. The van der Waals surface area contributed by atoms with Crippen molar-refractivity contribution in [2.75, 3.05) is 5.73 Å². The number of rotatable bonds is 3. The Morgan fingerprint density at radius 1 is 1.15 bits per heavy atom. The second-order valence-corrected chi connectivity index (χ2v) is 4.99. The highest BCUT2D eigenvalue weighted by Gasteiger charge is 2.09. The van der Waals surface area contributed by atoms with Crippen molar-refractivity contribution >= 4 is 17.7 Å². The Bertz CT molecular complexity index is 726. The van der Waals surface area contributed by atoms with Gasteiger partial charge in [-0.3, -0.25) is 0 Å². The fourth-order valence-corrected chi connectivity index (χ4v) is 2.43. The lowest BCUT2D eigenvalue weighted by Gasteiger charge is -2.05. The molecule has 0 unspecified atom stereocenters. The van der Waals surface area contributed by atoms with Crippen LogP contribution in [-0.2, 0) is 0 Å². The summed E-state index contributed by atoms with van der Waals surface area (Å²) in [5, 5.41) is 4.51. The van der Waals surface area contributed by atoms with E-state index in [-0.39, 0.29) is 5.95 Å². The van der Waals surface area contributed by atoms with Gasteiger partial charge in [0.25, 0.3) is 5.95 Å². The molecule has 3 rings (SSSR count). The molecule has 8 heteroatoms. The van der Waals surface area contributed by atoms with Gasteiger partial charge in [0.15, 0.2) is 5.16 Å². The normalized spacial score (nSPS) is 10.7. The van der Waals surface area contributed by atoms with Crippen molar-refractivity contribution in [1.29, 1.82) is 0 Å². The summed E-state index contributed by atoms with van der Waals surface area (Å²) in [6.45, 7) is 2.03. The van der Waals surface area contributed by atoms with Crippen LogP contribution in [0, 0.1) is 6.92 Å². The molecule has 0 aliphatic heterocycles. The van der Waals surface area contributed by atoms with E-state index in [1.807, 2.05) is 31.2 Å². The van der Waals surface area contributed by atoms with Gasteiger partial charge in [-0.2, -0.15) is 24.7 Å². The zero-order valence-corrected chi connectivity index (χ0v) is 11.4. The van der Waals surface area contributed by atoms with E-state index in [1.165, 1.54) is 29.1 Å². The minimum atomic E-state index is 0.154. The van der Waals surface area contributed by atoms with E-state index in [1.54, 1.807) is 0 Å². The van der Waals surface area contributed by atoms with Gasteiger partial charge in [0.05, 0.1) is 0 Å². The van der Waals surface area contributed by atoms with Crippen molar-refractivity contribution in [3.05, 3.63) is 42.5 Å². The third-order valence-corrected chi connectivity index (χ3v) is 3.58. The van der Waals surface area contributed by atoms with E-state index in [0.29, 0.717) is 11.1 Å². The van der Waals surface area contributed by atoms with Crippen LogP contribution >= 0.6 is 11.8 Å². The number of hydrogen-bond acceptors (Lipinski definition) is 7. The lowest BCUT2D eigenvalue weighted by Crippen LogP contribution is -2.07. The Hall–Kier alpha value is -2.48. The van der Waals surface area contributed by atoms with Crippen LogP contribution in [0.1, 0.15) is 5.56 Å².